The Morgan fingerprint density at radius 1 is 1.18 bits per heavy atom. The lowest BCUT2D eigenvalue weighted by atomic mass is 9.86. The van der Waals surface area contributed by atoms with Crippen LogP contribution in [0.2, 0.25) is 5.02 Å². The summed E-state index contributed by atoms with van der Waals surface area (Å²) in [5, 5.41) is 0.717. The van der Waals surface area contributed by atoms with E-state index in [0.29, 0.717) is 16.0 Å². The smallest absolute Gasteiger partial charge is 0.358 e. The van der Waals surface area contributed by atoms with E-state index in [2.05, 4.69) is 0 Å². The van der Waals surface area contributed by atoms with E-state index in [0.717, 1.165) is 19.3 Å². The molecule has 28 heavy (non-hydrogen) atoms. The van der Waals surface area contributed by atoms with Gasteiger partial charge in [0.05, 0.1) is 29.0 Å². The second kappa shape index (κ2) is 7.56. The Morgan fingerprint density at radius 2 is 1.96 bits per heavy atom. The largest absolute Gasteiger partial charge is 0.492 e. The molecule has 7 heteroatoms. The molecule has 1 heterocycles. The van der Waals surface area contributed by atoms with Crippen LogP contribution in [0.25, 0.3) is 22.3 Å². The summed E-state index contributed by atoms with van der Waals surface area (Å²) in [4.78, 5) is 34.6. The summed E-state index contributed by atoms with van der Waals surface area (Å²) in [5.41, 5.74) is 0.526. The van der Waals surface area contributed by atoms with Crippen molar-refractivity contribution >= 4 is 28.5 Å². The summed E-state index contributed by atoms with van der Waals surface area (Å²) >= 11 is 6.18. The topological polar surface area (TPSA) is 75.0 Å². The van der Waals surface area contributed by atoms with Crippen LogP contribution in [0.1, 0.15) is 19.3 Å². The second-order valence-corrected chi connectivity index (χ2v) is 6.95. The SMILES string of the molecule is COc1c(OOC(=O)C2CCC2)cccc1-c1cc(=O)c2cccc(Cl)c2o1. The third-order valence-electron chi connectivity index (χ3n) is 4.81. The lowest BCUT2D eigenvalue weighted by Gasteiger charge is -2.22. The highest BCUT2D eigenvalue weighted by molar-refractivity contribution is 6.34. The molecule has 3 aromatic rings. The fourth-order valence-electron chi connectivity index (χ4n) is 3.06. The van der Waals surface area contributed by atoms with Gasteiger partial charge in [-0.3, -0.25) is 9.68 Å². The van der Waals surface area contributed by atoms with E-state index in [1.165, 1.54) is 13.2 Å². The molecule has 0 radical (unpaired) electrons. The zero-order chi connectivity index (χ0) is 19.7. The van der Waals surface area contributed by atoms with Crippen LogP contribution in [-0.2, 0) is 9.68 Å². The van der Waals surface area contributed by atoms with Crippen LogP contribution in [0, 0.1) is 5.92 Å². The molecule has 0 N–H and O–H groups in total. The molecule has 0 spiro atoms. The van der Waals surface area contributed by atoms with Gasteiger partial charge >= 0.3 is 5.97 Å². The summed E-state index contributed by atoms with van der Waals surface area (Å²) in [6.07, 6.45) is 2.63. The average molecular weight is 401 g/mol. The van der Waals surface area contributed by atoms with E-state index < -0.39 is 5.97 Å². The monoisotopic (exact) mass is 400 g/mol. The highest BCUT2D eigenvalue weighted by atomic mass is 35.5. The van der Waals surface area contributed by atoms with E-state index in [9.17, 15) is 9.59 Å². The molecule has 0 atom stereocenters. The molecule has 0 bridgehead atoms. The Kier molecular flexibility index (Phi) is 4.96. The zero-order valence-corrected chi connectivity index (χ0v) is 15.8. The van der Waals surface area contributed by atoms with Gasteiger partial charge in [0.2, 0.25) is 5.75 Å². The Morgan fingerprint density at radius 3 is 2.68 bits per heavy atom. The zero-order valence-electron chi connectivity index (χ0n) is 15.1. The summed E-state index contributed by atoms with van der Waals surface area (Å²) < 4.78 is 11.3. The number of methoxy groups -OCH3 is 1. The van der Waals surface area contributed by atoms with Gasteiger partial charge in [0.15, 0.2) is 16.8 Å². The molecule has 0 amide bonds. The maximum atomic E-state index is 12.5. The first-order valence-corrected chi connectivity index (χ1v) is 9.24. The fraction of sp³-hybridized carbons (Fsp3) is 0.238. The Balaban J connectivity index is 1.72. The van der Waals surface area contributed by atoms with Crippen LogP contribution in [0.3, 0.4) is 0 Å². The number of rotatable bonds is 5. The maximum Gasteiger partial charge on any atom is 0.358 e. The molecule has 4 rings (SSSR count). The molecule has 1 aliphatic rings. The molecule has 1 fully saturated rings. The normalized spacial score (nSPS) is 13.8. The molecule has 0 aliphatic heterocycles. The van der Waals surface area contributed by atoms with Crippen molar-refractivity contribution in [3.63, 3.8) is 0 Å². The van der Waals surface area contributed by atoms with Gasteiger partial charge in [0.1, 0.15) is 5.76 Å². The van der Waals surface area contributed by atoms with Crippen LogP contribution in [0.15, 0.2) is 51.7 Å². The lowest BCUT2D eigenvalue weighted by Crippen LogP contribution is -2.25. The number of carbonyl (C=O) groups is 1. The van der Waals surface area contributed by atoms with Crippen LogP contribution in [0.5, 0.6) is 11.5 Å². The molecular weight excluding hydrogens is 384 g/mol. The van der Waals surface area contributed by atoms with Gasteiger partial charge < -0.3 is 9.15 Å². The molecule has 1 saturated carbocycles. The molecular formula is C21H17ClO6. The van der Waals surface area contributed by atoms with Crippen molar-refractivity contribution in [1.82, 2.24) is 0 Å². The summed E-state index contributed by atoms with van der Waals surface area (Å²) in [7, 11) is 1.45. The van der Waals surface area contributed by atoms with Crippen LogP contribution in [-0.4, -0.2) is 13.1 Å². The average Bonchev–Trinajstić information content (AvgIpc) is 2.65. The number of halogens is 1. The van der Waals surface area contributed by atoms with E-state index >= 15 is 0 Å². The standard InChI is InChI=1S/C21H17ClO6/c1-25-20-14(8-4-10-17(20)27-28-21(24)12-5-2-6-12)18-11-16(23)13-7-3-9-15(22)19(13)26-18/h3-4,7-12H,2,5-6H2,1H3. The second-order valence-electron chi connectivity index (χ2n) is 6.54. The fourth-order valence-corrected chi connectivity index (χ4v) is 3.27. The van der Waals surface area contributed by atoms with E-state index in [4.69, 9.17) is 30.5 Å². The highest BCUT2D eigenvalue weighted by Crippen LogP contribution is 2.39. The van der Waals surface area contributed by atoms with Gasteiger partial charge in [-0.15, -0.1) is 0 Å². The number of para-hydroxylation sites is 2. The first kappa shape index (κ1) is 18.4. The third kappa shape index (κ3) is 3.31. The first-order valence-electron chi connectivity index (χ1n) is 8.86. The van der Waals surface area contributed by atoms with Gasteiger partial charge in [-0.25, -0.2) is 9.68 Å². The van der Waals surface area contributed by atoms with Crippen LogP contribution >= 0.6 is 11.6 Å². The lowest BCUT2D eigenvalue weighted by molar-refractivity contribution is -0.221. The van der Waals surface area contributed by atoms with E-state index in [1.54, 1.807) is 36.4 Å². The van der Waals surface area contributed by atoms with Crippen molar-refractivity contribution in [2.75, 3.05) is 7.11 Å². The Bertz CT molecular complexity index is 1100. The number of fused-ring (bicyclic) bond motifs is 1. The van der Waals surface area contributed by atoms with Crippen LogP contribution in [0.4, 0.5) is 0 Å². The molecule has 0 saturated heterocycles. The highest BCUT2D eigenvalue weighted by Gasteiger charge is 2.28. The number of hydrogen-bond donors (Lipinski definition) is 0. The summed E-state index contributed by atoms with van der Waals surface area (Å²) in [6, 6.07) is 11.3. The Hall–Kier alpha value is -2.99. The van der Waals surface area contributed by atoms with E-state index in [-0.39, 0.29) is 34.2 Å². The van der Waals surface area contributed by atoms with Gasteiger partial charge in [-0.2, -0.15) is 0 Å². The number of ether oxygens (including phenoxy) is 1. The van der Waals surface area contributed by atoms with Gasteiger partial charge in [-0.1, -0.05) is 30.2 Å². The van der Waals surface area contributed by atoms with Crippen molar-refractivity contribution in [2.24, 2.45) is 5.92 Å². The first-order chi connectivity index (χ1) is 13.6. The minimum Gasteiger partial charge on any atom is -0.492 e. The number of hydrogen-bond acceptors (Lipinski definition) is 6. The van der Waals surface area contributed by atoms with E-state index in [1.807, 2.05) is 0 Å². The molecule has 1 aromatic heterocycles. The summed E-state index contributed by atoms with van der Waals surface area (Å²) in [6.45, 7) is 0. The predicted octanol–water partition coefficient (Wildman–Crippen LogP) is 4.76. The van der Waals surface area contributed by atoms with Gasteiger partial charge in [0.25, 0.3) is 0 Å². The minimum absolute atomic E-state index is 0.116. The van der Waals surface area contributed by atoms with Crippen molar-refractivity contribution < 1.29 is 23.7 Å². The molecule has 144 valence electrons. The number of carbonyl (C=O) groups excluding carboxylic acids is 1. The van der Waals surface area contributed by atoms with Gasteiger partial charge in [0, 0.05) is 6.07 Å². The Labute approximate surface area is 165 Å². The van der Waals surface area contributed by atoms with Crippen molar-refractivity contribution in [1.29, 1.82) is 0 Å². The maximum absolute atomic E-state index is 12.5. The van der Waals surface area contributed by atoms with Crippen molar-refractivity contribution in [3.05, 3.63) is 57.7 Å². The molecule has 0 unspecified atom stereocenters. The summed E-state index contributed by atoms with van der Waals surface area (Å²) in [5.74, 6) is 0.226. The quantitative estimate of drug-likeness (QED) is 0.454. The molecule has 6 nitrogen and oxygen atoms in total. The minimum atomic E-state index is -0.400. The van der Waals surface area contributed by atoms with Crippen molar-refractivity contribution in [3.8, 4) is 22.8 Å². The molecule has 2 aromatic carbocycles. The van der Waals surface area contributed by atoms with Gasteiger partial charge in [-0.05, 0) is 37.1 Å². The number of benzene rings is 2. The third-order valence-corrected chi connectivity index (χ3v) is 5.10. The van der Waals surface area contributed by atoms with Crippen LogP contribution < -0.4 is 15.1 Å². The molecule has 1 aliphatic carbocycles. The predicted molar refractivity (Wildman–Crippen MR) is 104 cm³/mol. The van der Waals surface area contributed by atoms with Crippen molar-refractivity contribution in [2.45, 2.75) is 19.3 Å².